The first kappa shape index (κ1) is 9.71. The van der Waals surface area contributed by atoms with Gasteiger partial charge in [-0.05, 0) is 11.6 Å². The maximum absolute atomic E-state index is 10.5. The van der Waals surface area contributed by atoms with Gasteiger partial charge in [0.05, 0.1) is 0 Å². The van der Waals surface area contributed by atoms with E-state index in [0.717, 1.165) is 24.9 Å². The molecule has 0 N–H and O–H groups in total. The van der Waals surface area contributed by atoms with Gasteiger partial charge in [0.15, 0.2) is 0 Å². The molecule has 0 saturated heterocycles. The van der Waals surface area contributed by atoms with Crippen LogP contribution >= 0.6 is 0 Å². The Morgan fingerprint density at radius 2 is 2.07 bits per heavy atom. The summed E-state index contributed by atoms with van der Waals surface area (Å²) in [6.07, 6.45) is 6.64. The summed E-state index contributed by atoms with van der Waals surface area (Å²) in [4.78, 5) is 12.7. The van der Waals surface area contributed by atoms with Crippen LogP contribution in [0.1, 0.15) is 5.56 Å². The lowest BCUT2D eigenvalue weighted by atomic mass is 10.1. The van der Waals surface area contributed by atoms with E-state index in [1.165, 1.54) is 5.56 Å². The Balaban J connectivity index is 1.97. The number of aldehydes is 1. The Kier molecular flexibility index (Phi) is 2.98. The minimum atomic E-state index is 0.763. The van der Waals surface area contributed by atoms with Crippen LogP contribution < -0.4 is 0 Å². The van der Waals surface area contributed by atoms with Crippen molar-refractivity contribution in [2.75, 3.05) is 6.54 Å². The molecule has 0 aromatic heterocycles. The minimum absolute atomic E-state index is 0.763. The second kappa shape index (κ2) is 4.60. The molecule has 0 saturated carbocycles. The highest BCUT2D eigenvalue weighted by Crippen LogP contribution is 2.09. The van der Waals surface area contributed by atoms with Crippen LogP contribution in [0, 0.1) is 0 Å². The van der Waals surface area contributed by atoms with Crippen LogP contribution in [0.25, 0.3) is 0 Å². The summed E-state index contributed by atoms with van der Waals surface area (Å²) in [5, 5.41) is 0. The molecule has 0 fully saturated rings. The summed E-state index contributed by atoms with van der Waals surface area (Å²) >= 11 is 0. The quantitative estimate of drug-likeness (QED) is 0.695. The standard InChI is InChI=1S/C13H13NO/c15-11-13-6-8-14(9-7-13)10-12-4-2-1-3-5-12/h1-8,11H,9-10H2. The van der Waals surface area contributed by atoms with Gasteiger partial charge in [0.1, 0.15) is 6.29 Å². The topological polar surface area (TPSA) is 20.3 Å². The minimum Gasteiger partial charge on any atom is -0.369 e. The molecule has 1 aromatic carbocycles. The number of benzene rings is 1. The zero-order valence-corrected chi connectivity index (χ0v) is 8.47. The van der Waals surface area contributed by atoms with Crippen molar-refractivity contribution in [2.24, 2.45) is 0 Å². The van der Waals surface area contributed by atoms with Crippen molar-refractivity contribution in [2.45, 2.75) is 6.54 Å². The van der Waals surface area contributed by atoms with Crippen molar-refractivity contribution < 1.29 is 4.79 Å². The molecule has 0 amide bonds. The molecule has 0 atom stereocenters. The number of allylic oxidation sites excluding steroid dienone is 2. The van der Waals surface area contributed by atoms with Gasteiger partial charge >= 0.3 is 0 Å². The third-order valence-corrected chi connectivity index (χ3v) is 2.40. The second-order valence-electron chi connectivity index (χ2n) is 3.55. The first-order valence-electron chi connectivity index (χ1n) is 5.00. The molecule has 0 bridgehead atoms. The van der Waals surface area contributed by atoms with Crippen molar-refractivity contribution in [1.29, 1.82) is 0 Å². The predicted molar refractivity (Wildman–Crippen MR) is 60.1 cm³/mol. The van der Waals surface area contributed by atoms with Gasteiger partial charge in [-0.3, -0.25) is 4.79 Å². The largest absolute Gasteiger partial charge is 0.369 e. The third kappa shape index (κ3) is 2.56. The van der Waals surface area contributed by atoms with Crippen molar-refractivity contribution in [1.82, 2.24) is 4.90 Å². The van der Waals surface area contributed by atoms with E-state index in [-0.39, 0.29) is 0 Å². The highest BCUT2D eigenvalue weighted by Gasteiger charge is 2.04. The van der Waals surface area contributed by atoms with Gasteiger partial charge in [0, 0.05) is 24.9 Å². The number of carbonyl (C=O) groups is 1. The number of rotatable bonds is 3. The highest BCUT2D eigenvalue weighted by molar-refractivity contribution is 5.77. The zero-order chi connectivity index (χ0) is 10.5. The van der Waals surface area contributed by atoms with Crippen LogP contribution in [0.15, 0.2) is 54.3 Å². The highest BCUT2D eigenvalue weighted by atomic mass is 16.1. The van der Waals surface area contributed by atoms with Crippen LogP contribution in [0.4, 0.5) is 0 Å². The van der Waals surface area contributed by atoms with Gasteiger partial charge in [-0.1, -0.05) is 36.4 Å². The van der Waals surface area contributed by atoms with E-state index >= 15 is 0 Å². The summed E-state index contributed by atoms with van der Waals surface area (Å²) in [6, 6.07) is 10.3. The molecule has 1 aliphatic heterocycles. The molecule has 0 radical (unpaired) electrons. The Morgan fingerprint density at radius 3 is 2.67 bits per heavy atom. The van der Waals surface area contributed by atoms with E-state index < -0.39 is 0 Å². The van der Waals surface area contributed by atoms with Crippen LogP contribution in [-0.2, 0) is 11.3 Å². The molecule has 2 heteroatoms. The molecule has 0 aliphatic carbocycles. The fourth-order valence-electron chi connectivity index (χ4n) is 1.57. The average Bonchev–Trinajstić information content (AvgIpc) is 2.31. The van der Waals surface area contributed by atoms with Crippen LogP contribution in [0.3, 0.4) is 0 Å². The van der Waals surface area contributed by atoms with Crippen LogP contribution in [0.2, 0.25) is 0 Å². The van der Waals surface area contributed by atoms with Gasteiger partial charge in [0.2, 0.25) is 0 Å². The second-order valence-corrected chi connectivity index (χ2v) is 3.55. The predicted octanol–water partition coefficient (Wildman–Crippen LogP) is 2.14. The Bertz CT molecular complexity index is 392. The number of hydrogen-bond acceptors (Lipinski definition) is 2. The van der Waals surface area contributed by atoms with Crippen molar-refractivity contribution in [3.8, 4) is 0 Å². The molecular formula is C13H13NO. The van der Waals surface area contributed by atoms with E-state index in [0.29, 0.717) is 0 Å². The molecule has 0 spiro atoms. The fraction of sp³-hybridized carbons (Fsp3) is 0.154. The number of hydrogen-bond donors (Lipinski definition) is 0. The molecule has 76 valence electrons. The molecule has 15 heavy (non-hydrogen) atoms. The van der Waals surface area contributed by atoms with E-state index in [1.807, 2.05) is 36.6 Å². The van der Waals surface area contributed by atoms with Crippen molar-refractivity contribution >= 4 is 6.29 Å². The summed E-state index contributed by atoms with van der Waals surface area (Å²) in [5.41, 5.74) is 2.05. The van der Waals surface area contributed by atoms with Crippen molar-refractivity contribution in [3.63, 3.8) is 0 Å². The van der Waals surface area contributed by atoms with E-state index in [1.54, 1.807) is 0 Å². The molecular weight excluding hydrogens is 186 g/mol. The number of nitrogens with zero attached hydrogens (tertiary/aromatic N) is 1. The lowest BCUT2D eigenvalue weighted by Gasteiger charge is -2.21. The molecule has 1 aliphatic rings. The SMILES string of the molecule is O=CC1=CCN(Cc2ccccc2)C=C1. The first-order chi connectivity index (χ1) is 7.38. The maximum atomic E-state index is 10.5. The third-order valence-electron chi connectivity index (χ3n) is 2.40. The normalized spacial score (nSPS) is 14.9. The van der Waals surface area contributed by atoms with Crippen molar-refractivity contribution in [3.05, 3.63) is 59.8 Å². The summed E-state index contributed by atoms with van der Waals surface area (Å²) < 4.78 is 0. The molecule has 1 heterocycles. The summed E-state index contributed by atoms with van der Waals surface area (Å²) in [6.45, 7) is 1.69. The average molecular weight is 199 g/mol. The van der Waals surface area contributed by atoms with Crippen LogP contribution in [-0.4, -0.2) is 17.7 Å². The Labute approximate surface area is 89.5 Å². The Morgan fingerprint density at radius 1 is 1.27 bits per heavy atom. The zero-order valence-electron chi connectivity index (χ0n) is 8.47. The lowest BCUT2D eigenvalue weighted by molar-refractivity contribution is -0.104. The lowest BCUT2D eigenvalue weighted by Crippen LogP contribution is -2.19. The fourth-order valence-corrected chi connectivity index (χ4v) is 1.57. The molecule has 2 nitrogen and oxygen atoms in total. The van der Waals surface area contributed by atoms with Gasteiger partial charge in [-0.15, -0.1) is 0 Å². The van der Waals surface area contributed by atoms with E-state index in [9.17, 15) is 4.79 Å². The van der Waals surface area contributed by atoms with Crippen LogP contribution in [0.5, 0.6) is 0 Å². The maximum Gasteiger partial charge on any atom is 0.149 e. The van der Waals surface area contributed by atoms with E-state index in [4.69, 9.17) is 0 Å². The first-order valence-corrected chi connectivity index (χ1v) is 5.00. The summed E-state index contributed by atoms with van der Waals surface area (Å²) in [7, 11) is 0. The number of carbonyl (C=O) groups excluding carboxylic acids is 1. The van der Waals surface area contributed by atoms with Gasteiger partial charge in [-0.2, -0.15) is 0 Å². The van der Waals surface area contributed by atoms with E-state index in [2.05, 4.69) is 17.0 Å². The monoisotopic (exact) mass is 199 g/mol. The Hall–Kier alpha value is -1.83. The van der Waals surface area contributed by atoms with Gasteiger partial charge < -0.3 is 4.90 Å². The molecule has 0 unspecified atom stereocenters. The summed E-state index contributed by atoms with van der Waals surface area (Å²) in [5.74, 6) is 0. The molecule has 2 rings (SSSR count). The van der Waals surface area contributed by atoms with Gasteiger partial charge in [-0.25, -0.2) is 0 Å². The smallest absolute Gasteiger partial charge is 0.149 e. The van der Waals surface area contributed by atoms with Gasteiger partial charge in [0.25, 0.3) is 0 Å². The molecule has 1 aromatic rings.